The van der Waals surface area contributed by atoms with Crippen molar-refractivity contribution in [2.45, 2.75) is 25.8 Å². The SMILES string of the molecule is CCCC(N)c1csnn1. The monoisotopic (exact) mass is 157 g/mol. The van der Waals surface area contributed by atoms with Gasteiger partial charge in [0.2, 0.25) is 0 Å². The minimum absolute atomic E-state index is 0.0868. The van der Waals surface area contributed by atoms with Gasteiger partial charge in [-0.3, -0.25) is 0 Å². The summed E-state index contributed by atoms with van der Waals surface area (Å²) in [6.45, 7) is 2.11. The second-order valence-corrected chi connectivity index (χ2v) is 2.83. The molecule has 1 rings (SSSR count). The van der Waals surface area contributed by atoms with Crippen LogP contribution in [-0.4, -0.2) is 9.59 Å². The van der Waals surface area contributed by atoms with Crippen molar-refractivity contribution in [3.63, 3.8) is 0 Å². The van der Waals surface area contributed by atoms with Crippen LogP contribution in [0.1, 0.15) is 31.5 Å². The van der Waals surface area contributed by atoms with Crippen molar-refractivity contribution >= 4 is 11.5 Å². The summed E-state index contributed by atoms with van der Waals surface area (Å²) in [5.74, 6) is 0. The molecule has 1 atom stereocenters. The van der Waals surface area contributed by atoms with Crippen LogP contribution in [0.15, 0.2) is 5.38 Å². The largest absolute Gasteiger partial charge is 0.323 e. The van der Waals surface area contributed by atoms with Crippen molar-refractivity contribution < 1.29 is 0 Å². The van der Waals surface area contributed by atoms with Crippen LogP contribution < -0.4 is 5.73 Å². The van der Waals surface area contributed by atoms with Gasteiger partial charge < -0.3 is 5.73 Å². The molecule has 0 aliphatic carbocycles. The zero-order valence-electron chi connectivity index (χ0n) is 5.95. The Hall–Kier alpha value is -0.480. The molecular weight excluding hydrogens is 146 g/mol. The highest BCUT2D eigenvalue weighted by atomic mass is 32.1. The predicted molar refractivity (Wildman–Crippen MR) is 41.7 cm³/mol. The van der Waals surface area contributed by atoms with E-state index in [9.17, 15) is 0 Å². The molecule has 3 nitrogen and oxygen atoms in total. The molecule has 0 radical (unpaired) electrons. The van der Waals surface area contributed by atoms with Gasteiger partial charge in [-0.15, -0.1) is 5.10 Å². The van der Waals surface area contributed by atoms with Crippen LogP contribution in [0.5, 0.6) is 0 Å². The minimum atomic E-state index is 0.0868. The normalized spacial score (nSPS) is 13.4. The first-order valence-corrected chi connectivity index (χ1v) is 4.20. The van der Waals surface area contributed by atoms with Crippen molar-refractivity contribution in [1.29, 1.82) is 0 Å². The fraction of sp³-hybridized carbons (Fsp3) is 0.667. The molecule has 0 saturated carbocycles. The van der Waals surface area contributed by atoms with Gasteiger partial charge in [-0.1, -0.05) is 17.8 Å². The summed E-state index contributed by atoms with van der Waals surface area (Å²) in [4.78, 5) is 0. The Labute approximate surface area is 64.4 Å². The van der Waals surface area contributed by atoms with Gasteiger partial charge in [0.25, 0.3) is 0 Å². The molecule has 1 unspecified atom stereocenters. The van der Waals surface area contributed by atoms with Crippen LogP contribution in [0.3, 0.4) is 0 Å². The van der Waals surface area contributed by atoms with Crippen LogP contribution in [-0.2, 0) is 0 Å². The Kier molecular flexibility index (Phi) is 2.77. The topological polar surface area (TPSA) is 51.8 Å². The van der Waals surface area contributed by atoms with E-state index in [1.165, 1.54) is 11.5 Å². The lowest BCUT2D eigenvalue weighted by atomic mass is 10.1. The summed E-state index contributed by atoms with van der Waals surface area (Å²) in [5.41, 5.74) is 6.68. The van der Waals surface area contributed by atoms with Crippen LogP contribution in [0.2, 0.25) is 0 Å². The van der Waals surface area contributed by atoms with Gasteiger partial charge in [-0.05, 0) is 18.0 Å². The zero-order chi connectivity index (χ0) is 7.40. The maximum atomic E-state index is 5.75. The summed E-state index contributed by atoms with van der Waals surface area (Å²) in [7, 11) is 0. The van der Waals surface area contributed by atoms with Crippen LogP contribution in [0.4, 0.5) is 0 Å². The van der Waals surface area contributed by atoms with Gasteiger partial charge in [0, 0.05) is 11.4 Å². The standard InChI is InChI=1S/C6H11N3S/c1-2-3-5(7)6-4-10-9-8-6/h4-5H,2-3,7H2,1H3. The van der Waals surface area contributed by atoms with Crippen LogP contribution in [0, 0.1) is 0 Å². The molecule has 56 valence electrons. The molecule has 0 aliphatic heterocycles. The molecule has 1 aromatic heterocycles. The molecule has 1 aromatic rings. The van der Waals surface area contributed by atoms with Crippen LogP contribution >= 0.6 is 11.5 Å². The molecule has 0 aliphatic rings. The highest BCUT2D eigenvalue weighted by molar-refractivity contribution is 7.03. The first-order chi connectivity index (χ1) is 4.84. The van der Waals surface area contributed by atoms with E-state index in [0.717, 1.165) is 18.5 Å². The molecule has 0 aromatic carbocycles. The highest BCUT2D eigenvalue weighted by Crippen LogP contribution is 2.12. The number of hydrogen-bond donors (Lipinski definition) is 1. The second kappa shape index (κ2) is 3.63. The smallest absolute Gasteiger partial charge is 0.0922 e. The molecular formula is C6H11N3S. The van der Waals surface area contributed by atoms with E-state index in [2.05, 4.69) is 16.5 Å². The maximum Gasteiger partial charge on any atom is 0.0922 e. The van der Waals surface area contributed by atoms with E-state index in [1.54, 1.807) is 0 Å². The Morgan fingerprint density at radius 2 is 2.60 bits per heavy atom. The third-order valence-corrected chi connectivity index (χ3v) is 1.88. The number of nitrogens with two attached hydrogens (primary N) is 1. The lowest BCUT2D eigenvalue weighted by Crippen LogP contribution is -2.09. The maximum absolute atomic E-state index is 5.75. The van der Waals surface area contributed by atoms with Crippen molar-refractivity contribution in [3.05, 3.63) is 11.1 Å². The quantitative estimate of drug-likeness (QED) is 0.720. The minimum Gasteiger partial charge on any atom is -0.323 e. The molecule has 10 heavy (non-hydrogen) atoms. The van der Waals surface area contributed by atoms with E-state index in [0.29, 0.717) is 0 Å². The molecule has 2 N–H and O–H groups in total. The number of hydrogen-bond acceptors (Lipinski definition) is 4. The summed E-state index contributed by atoms with van der Waals surface area (Å²) in [6, 6.07) is 0.0868. The van der Waals surface area contributed by atoms with E-state index in [1.807, 2.05) is 5.38 Å². The summed E-state index contributed by atoms with van der Waals surface area (Å²) >= 11 is 1.35. The van der Waals surface area contributed by atoms with E-state index >= 15 is 0 Å². The molecule has 4 heteroatoms. The van der Waals surface area contributed by atoms with Crippen LogP contribution in [0.25, 0.3) is 0 Å². The van der Waals surface area contributed by atoms with Gasteiger partial charge >= 0.3 is 0 Å². The van der Waals surface area contributed by atoms with Gasteiger partial charge in [-0.2, -0.15) is 0 Å². The number of aromatic nitrogens is 2. The molecule has 0 spiro atoms. The summed E-state index contributed by atoms with van der Waals surface area (Å²) < 4.78 is 3.74. The van der Waals surface area contributed by atoms with Crippen molar-refractivity contribution in [2.75, 3.05) is 0 Å². The predicted octanol–water partition coefficient (Wildman–Crippen LogP) is 1.34. The lowest BCUT2D eigenvalue weighted by molar-refractivity contribution is 0.619. The fourth-order valence-electron chi connectivity index (χ4n) is 0.792. The van der Waals surface area contributed by atoms with Gasteiger partial charge in [0.15, 0.2) is 0 Å². The number of nitrogens with zero attached hydrogens (tertiary/aromatic N) is 2. The second-order valence-electron chi connectivity index (χ2n) is 2.22. The summed E-state index contributed by atoms with van der Waals surface area (Å²) in [6.07, 6.45) is 2.09. The molecule has 1 heterocycles. The van der Waals surface area contributed by atoms with E-state index < -0.39 is 0 Å². The van der Waals surface area contributed by atoms with Gasteiger partial charge in [0.1, 0.15) is 0 Å². The van der Waals surface area contributed by atoms with Crippen molar-refractivity contribution in [2.24, 2.45) is 5.73 Å². The first kappa shape index (κ1) is 7.63. The lowest BCUT2D eigenvalue weighted by Gasteiger charge is -2.03. The molecule has 0 bridgehead atoms. The van der Waals surface area contributed by atoms with Gasteiger partial charge in [0.05, 0.1) is 5.69 Å². The number of rotatable bonds is 3. The Bertz CT molecular complexity index is 173. The third-order valence-electron chi connectivity index (χ3n) is 1.36. The Morgan fingerprint density at radius 1 is 1.80 bits per heavy atom. The molecule has 0 fully saturated rings. The molecule has 0 saturated heterocycles. The average Bonchev–Trinajstić information content (AvgIpc) is 2.38. The molecule has 0 amide bonds. The fourth-order valence-corrected chi connectivity index (χ4v) is 1.31. The van der Waals surface area contributed by atoms with E-state index in [4.69, 9.17) is 5.73 Å². The Balaban J connectivity index is 2.50. The average molecular weight is 157 g/mol. The van der Waals surface area contributed by atoms with Gasteiger partial charge in [-0.25, -0.2) is 0 Å². The summed E-state index contributed by atoms with van der Waals surface area (Å²) in [5, 5.41) is 5.78. The van der Waals surface area contributed by atoms with E-state index in [-0.39, 0.29) is 6.04 Å². The highest BCUT2D eigenvalue weighted by Gasteiger charge is 2.05. The third kappa shape index (κ3) is 1.75. The van der Waals surface area contributed by atoms with Crippen molar-refractivity contribution in [3.8, 4) is 0 Å². The van der Waals surface area contributed by atoms with Crippen molar-refractivity contribution in [1.82, 2.24) is 9.59 Å². The zero-order valence-corrected chi connectivity index (χ0v) is 6.77. The Morgan fingerprint density at radius 3 is 3.10 bits per heavy atom. The first-order valence-electron chi connectivity index (χ1n) is 3.37.